The molecule has 0 aromatic carbocycles. The molecular formula is C7H4Cl3NO2. The number of halogens is 3. The minimum Gasteiger partial charge on any atom is -0.478 e. The molecule has 0 fully saturated rings. The average Bonchev–Trinajstić information content (AvgIpc) is 2.03. The molecule has 0 aliphatic rings. The monoisotopic (exact) mass is 239 g/mol. The maximum Gasteiger partial charge on any atom is 0.337 e. The Morgan fingerprint density at radius 3 is 2.31 bits per heavy atom. The van der Waals surface area contributed by atoms with Crippen molar-refractivity contribution in [3.05, 3.63) is 29.6 Å². The minimum atomic E-state index is -1.61. The lowest BCUT2D eigenvalue weighted by Crippen LogP contribution is -2.05. The van der Waals surface area contributed by atoms with E-state index in [1.54, 1.807) is 0 Å². The van der Waals surface area contributed by atoms with Crippen LogP contribution in [0.25, 0.3) is 0 Å². The van der Waals surface area contributed by atoms with Crippen molar-refractivity contribution in [1.82, 2.24) is 4.98 Å². The van der Waals surface area contributed by atoms with Crippen molar-refractivity contribution in [2.75, 3.05) is 0 Å². The summed E-state index contributed by atoms with van der Waals surface area (Å²) in [6.45, 7) is 0. The Morgan fingerprint density at radius 1 is 1.38 bits per heavy atom. The Balaban J connectivity index is 3.01. The van der Waals surface area contributed by atoms with Gasteiger partial charge in [-0.2, -0.15) is 0 Å². The van der Waals surface area contributed by atoms with Crippen LogP contribution >= 0.6 is 34.8 Å². The first-order valence-corrected chi connectivity index (χ1v) is 4.31. The summed E-state index contributed by atoms with van der Waals surface area (Å²) in [7, 11) is 0. The molecule has 1 heterocycles. The molecule has 0 saturated heterocycles. The van der Waals surface area contributed by atoms with Crippen LogP contribution in [0.2, 0.25) is 0 Å². The summed E-state index contributed by atoms with van der Waals surface area (Å²) in [6.07, 6.45) is 1.14. The fourth-order valence-electron chi connectivity index (χ4n) is 0.688. The highest BCUT2D eigenvalue weighted by atomic mass is 35.6. The fourth-order valence-corrected chi connectivity index (χ4v) is 1.02. The number of aromatic carboxylic acids is 1. The molecule has 0 saturated carbocycles. The number of carboxylic acids is 1. The molecule has 0 amide bonds. The SMILES string of the molecule is O=C(O)c1ccc(C(Cl)(Cl)Cl)nc1. The van der Waals surface area contributed by atoms with Crippen LogP contribution in [0, 0.1) is 0 Å². The van der Waals surface area contributed by atoms with Crippen molar-refractivity contribution in [2.45, 2.75) is 3.79 Å². The van der Waals surface area contributed by atoms with Crippen molar-refractivity contribution < 1.29 is 9.90 Å². The normalized spacial score (nSPS) is 11.3. The fraction of sp³-hybridized carbons (Fsp3) is 0.143. The Bertz CT molecular complexity index is 318. The zero-order valence-electron chi connectivity index (χ0n) is 6.17. The van der Waals surface area contributed by atoms with Crippen molar-refractivity contribution in [1.29, 1.82) is 0 Å². The molecule has 1 aromatic heterocycles. The van der Waals surface area contributed by atoms with Gasteiger partial charge in [0, 0.05) is 6.20 Å². The third-order valence-electron chi connectivity index (χ3n) is 1.30. The highest BCUT2D eigenvalue weighted by Crippen LogP contribution is 2.36. The van der Waals surface area contributed by atoms with Crippen LogP contribution in [0.3, 0.4) is 0 Å². The van der Waals surface area contributed by atoms with Crippen molar-refractivity contribution in [3.8, 4) is 0 Å². The van der Waals surface area contributed by atoms with E-state index in [4.69, 9.17) is 39.9 Å². The molecule has 0 bridgehead atoms. The second kappa shape index (κ2) is 3.70. The standard InChI is InChI=1S/C7H4Cl3NO2/c8-7(9,10)5-2-1-4(3-11-5)6(12)13/h1-3H,(H,12,13). The van der Waals surface area contributed by atoms with E-state index in [1.807, 2.05) is 0 Å². The van der Waals surface area contributed by atoms with E-state index >= 15 is 0 Å². The maximum absolute atomic E-state index is 10.4. The average molecular weight is 240 g/mol. The summed E-state index contributed by atoms with van der Waals surface area (Å²) in [4.78, 5) is 14.1. The molecule has 1 rings (SSSR count). The molecule has 0 aliphatic carbocycles. The molecule has 0 aliphatic heterocycles. The number of pyridine rings is 1. The quantitative estimate of drug-likeness (QED) is 0.768. The number of hydrogen-bond acceptors (Lipinski definition) is 2. The van der Waals surface area contributed by atoms with E-state index in [2.05, 4.69) is 4.98 Å². The number of rotatable bonds is 1. The van der Waals surface area contributed by atoms with Gasteiger partial charge in [-0.15, -0.1) is 0 Å². The van der Waals surface area contributed by atoms with Crippen molar-refractivity contribution >= 4 is 40.8 Å². The number of alkyl halides is 3. The molecule has 0 radical (unpaired) electrons. The zero-order chi connectivity index (χ0) is 10.1. The predicted molar refractivity (Wildman–Crippen MR) is 50.4 cm³/mol. The lowest BCUT2D eigenvalue weighted by Gasteiger charge is -2.08. The van der Waals surface area contributed by atoms with E-state index < -0.39 is 9.76 Å². The largest absolute Gasteiger partial charge is 0.478 e. The van der Waals surface area contributed by atoms with Crippen LogP contribution in [-0.4, -0.2) is 16.1 Å². The lowest BCUT2D eigenvalue weighted by molar-refractivity contribution is 0.0696. The lowest BCUT2D eigenvalue weighted by atomic mass is 10.2. The van der Waals surface area contributed by atoms with E-state index in [-0.39, 0.29) is 11.3 Å². The van der Waals surface area contributed by atoms with Gasteiger partial charge in [-0.25, -0.2) is 4.79 Å². The Labute approximate surface area is 89.2 Å². The molecule has 6 heteroatoms. The highest BCUT2D eigenvalue weighted by Gasteiger charge is 2.24. The number of hydrogen-bond donors (Lipinski definition) is 1. The van der Waals surface area contributed by atoms with Gasteiger partial charge >= 0.3 is 5.97 Å². The second-order valence-corrected chi connectivity index (χ2v) is 4.52. The predicted octanol–water partition coefficient (Wildman–Crippen LogP) is 2.61. The molecule has 0 spiro atoms. The smallest absolute Gasteiger partial charge is 0.337 e. The van der Waals surface area contributed by atoms with Crippen molar-refractivity contribution in [2.24, 2.45) is 0 Å². The van der Waals surface area contributed by atoms with Crippen LogP contribution in [-0.2, 0) is 3.79 Å². The van der Waals surface area contributed by atoms with Crippen LogP contribution in [0.5, 0.6) is 0 Å². The summed E-state index contributed by atoms with van der Waals surface area (Å²) in [5, 5.41) is 8.54. The highest BCUT2D eigenvalue weighted by molar-refractivity contribution is 6.66. The van der Waals surface area contributed by atoms with Gasteiger partial charge in [-0.05, 0) is 12.1 Å². The molecule has 70 valence electrons. The first-order chi connectivity index (χ1) is 5.91. The Kier molecular flexibility index (Phi) is 3.01. The third-order valence-corrected chi connectivity index (χ3v) is 1.88. The van der Waals surface area contributed by atoms with E-state index in [9.17, 15) is 4.79 Å². The second-order valence-electron chi connectivity index (χ2n) is 2.24. The maximum atomic E-state index is 10.4. The molecule has 1 aromatic rings. The summed E-state index contributed by atoms with van der Waals surface area (Å²) in [5.41, 5.74) is 0.250. The van der Waals surface area contributed by atoms with Gasteiger partial charge in [0.1, 0.15) is 0 Å². The van der Waals surface area contributed by atoms with Crippen LogP contribution in [0.4, 0.5) is 0 Å². The van der Waals surface area contributed by atoms with Gasteiger partial charge < -0.3 is 5.11 Å². The number of nitrogens with zero attached hydrogens (tertiary/aromatic N) is 1. The molecule has 0 unspecified atom stereocenters. The number of carbonyl (C=O) groups is 1. The summed E-state index contributed by atoms with van der Waals surface area (Å²) < 4.78 is -1.61. The van der Waals surface area contributed by atoms with E-state index in [0.717, 1.165) is 6.20 Å². The van der Waals surface area contributed by atoms with Crippen LogP contribution in [0.1, 0.15) is 16.1 Å². The minimum absolute atomic E-state index is 0.0537. The van der Waals surface area contributed by atoms with Gasteiger partial charge in [0.2, 0.25) is 3.79 Å². The molecule has 3 nitrogen and oxygen atoms in total. The first-order valence-electron chi connectivity index (χ1n) is 3.18. The molecule has 0 atom stereocenters. The molecule has 1 N–H and O–H groups in total. The van der Waals surface area contributed by atoms with Crippen molar-refractivity contribution in [3.63, 3.8) is 0 Å². The summed E-state index contributed by atoms with van der Waals surface area (Å²) in [5.74, 6) is -1.07. The zero-order valence-corrected chi connectivity index (χ0v) is 8.44. The van der Waals surface area contributed by atoms with Crippen LogP contribution in [0.15, 0.2) is 18.3 Å². The molecular weight excluding hydrogens is 236 g/mol. The number of aromatic nitrogens is 1. The summed E-state index contributed by atoms with van der Waals surface area (Å²) in [6, 6.07) is 2.68. The van der Waals surface area contributed by atoms with Gasteiger partial charge in [0.05, 0.1) is 11.3 Å². The van der Waals surface area contributed by atoms with Gasteiger partial charge in [-0.3, -0.25) is 4.98 Å². The first kappa shape index (κ1) is 10.6. The number of carboxylic acid groups (broad SMARTS) is 1. The Hall–Kier alpha value is -0.510. The van der Waals surface area contributed by atoms with Crippen LogP contribution < -0.4 is 0 Å². The van der Waals surface area contributed by atoms with E-state index in [1.165, 1.54) is 12.1 Å². The van der Waals surface area contributed by atoms with Gasteiger partial charge in [0.25, 0.3) is 0 Å². The third kappa shape index (κ3) is 2.72. The summed E-state index contributed by atoms with van der Waals surface area (Å²) >= 11 is 16.5. The van der Waals surface area contributed by atoms with E-state index in [0.29, 0.717) is 0 Å². The molecule has 13 heavy (non-hydrogen) atoms. The van der Waals surface area contributed by atoms with Gasteiger partial charge in [0.15, 0.2) is 0 Å². The Morgan fingerprint density at radius 2 is 2.00 bits per heavy atom. The van der Waals surface area contributed by atoms with Gasteiger partial charge in [-0.1, -0.05) is 34.8 Å². The topological polar surface area (TPSA) is 50.2 Å².